The second kappa shape index (κ2) is 7.76. The molecule has 0 fully saturated rings. The van der Waals surface area contributed by atoms with Gasteiger partial charge in [-0.25, -0.2) is 0 Å². The summed E-state index contributed by atoms with van der Waals surface area (Å²) < 4.78 is 0. The van der Waals surface area contributed by atoms with Gasteiger partial charge in [0.15, 0.2) is 0 Å². The largest absolute Gasteiger partial charge is 0.352 e. The molecule has 0 radical (unpaired) electrons. The maximum Gasteiger partial charge on any atom is 0.234 e. The minimum atomic E-state index is 0.0649. The summed E-state index contributed by atoms with van der Waals surface area (Å²) in [6.07, 6.45) is 5.75. The van der Waals surface area contributed by atoms with E-state index < -0.39 is 0 Å². The average molecular weight is 250 g/mol. The average Bonchev–Trinajstić information content (AvgIpc) is 2.36. The fourth-order valence-electron chi connectivity index (χ4n) is 1.77. The summed E-state index contributed by atoms with van der Waals surface area (Å²) in [6.45, 7) is 8.33. The molecule has 100 valence electrons. The summed E-state index contributed by atoms with van der Waals surface area (Å²) in [5.74, 6) is 0.0649. The Hall–Kier alpha value is -1.49. The zero-order valence-corrected chi connectivity index (χ0v) is 11.4. The van der Waals surface area contributed by atoms with Crippen molar-refractivity contribution >= 4 is 5.91 Å². The van der Waals surface area contributed by atoms with E-state index in [1.54, 1.807) is 18.6 Å². The maximum atomic E-state index is 11.8. The Morgan fingerprint density at radius 1 is 1.39 bits per heavy atom. The van der Waals surface area contributed by atoms with Crippen molar-refractivity contribution < 1.29 is 4.79 Å². The molecule has 0 aliphatic carbocycles. The Morgan fingerprint density at radius 3 is 2.67 bits per heavy atom. The van der Waals surface area contributed by atoms with Gasteiger partial charge in [0.25, 0.3) is 0 Å². The van der Waals surface area contributed by atoms with Gasteiger partial charge in [0, 0.05) is 31.1 Å². The highest BCUT2D eigenvalue weighted by molar-refractivity contribution is 5.78. The number of aromatic nitrogens is 2. The molecule has 1 N–H and O–H groups in total. The molecule has 1 amide bonds. The van der Waals surface area contributed by atoms with Gasteiger partial charge >= 0.3 is 0 Å². The Labute approximate surface area is 109 Å². The highest BCUT2D eigenvalue weighted by Gasteiger charge is 2.11. The molecule has 0 aromatic carbocycles. The second-order valence-corrected chi connectivity index (χ2v) is 4.33. The predicted octanol–water partition coefficient (Wildman–Crippen LogP) is 0.866. The number of carbonyl (C=O) groups is 1. The van der Waals surface area contributed by atoms with E-state index in [2.05, 4.69) is 34.0 Å². The molecule has 18 heavy (non-hydrogen) atoms. The van der Waals surface area contributed by atoms with E-state index in [-0.39, 0.29) is 11.9 Å². The first-order chi connectivity index (χ1) is 8.65. The molecule has 1 rings (SSSR count). The van der Waals surface area contributed by atoms with Crippen LogP contribution in [-0.2, 0) is 11.2 Å². The minimum absolute atomic E-state index is 0.0649. The first-order valence-corrected chi connectivity index (χ1v) is 6.42. The Bertz CT molecular complexity index is 351. The van der Waals surface area contributed by atoms with E-state index in [1.165, 1.54) is 0 Å². The van der Waals surface area contributed by atoms with Crippen LogP contribution in [0.25, 0.3) is 0 Å². The normalized spacial score (nSPS) is 12.4. The first-order valence-electron chi connectivity index (χ1n) is 6.42. The molecule has 0 spiro atoms. The van der Waals surface area contributed by atoms with E-state index >= 15 is 0 Å². The third-order valence-corrected chi connectivity index (χ3v) is 2.80. The van der Waals surface area contributed by atoms with E-state index in [0.29, 0.717) is 13.0 Å². The molecule has 0 saturated carbocycles. The van der Waals surface area contributed by atoms with Gasteiger partial charge in [0.05, 0.1) is 12.2 Å². The number of rotatable bonds is 7. The summed E-state index contributed by atoms with van der Waals surface area (Å²) >= 11 is 0. The Balaban J connectivity index is 2.36. The van der Waals surface area contributed by atoms with Crippen molar-refractivity contribution in [3.05, 3.63) is 24.3 Å². The summed E-state index contributed by atoms with van der Waals surface area (Å²) in [7, 11) is 0. The molecule has 5 nitrogen and oxygen atoms in total. The van der Waals surface area contributed by atoms with Crippen molar-refractivity contribution in [3.8, 4) is 0 Å². The van der Waals surface area contributed by atoms with E-state index in [4.69, 9.17) is 0 Å². The standard InChI is InChI=1S/C13H22N4O/c1-4-17(5-2)10-13(18)16-11(3)8-12-9-14-6-7-15-12/h6-7,9,11H,4-5,8,10H2,1-3H3,(H,16,18)/t11-/m0/s1. The van der Waals surface area contributed by atoms with E-state index in [9.17, 15) is 4.79 Å². The molecule has 1 heterocycles. The lowest BCUT2D eigenvalue weighted by Crippen LogP contribution is -2.41. The van der Waals surface area contributed by atoms with Crippen LogP contribution in [0, 0.1) is 0 Å². The quantitative estimate of drug-likeness (QED) is 0.780. The molecular weight excluding hydrogens is 228 g/mol. The van der Waals surface area contributed by atoms with Crippen molar-refractivity contribution in [2.75, 3.05) is 19.6 Å². The third kappa shape index (κ3) is 5.23. The van der Waals surface area contributed by atoms with Crippen molar-refractivity contribution in [2.45, 2.75) is 33.2 Å². The van der Waals surface area contributed by atoms with Gasteiger partial charge in [0.1, 0.15) is 0 Å². The topological polar surface area (TPSA) is 58.1 Å². The van der Waals surface area contributed by atoms with Gasteiger partial charge in [-0.1, -0.05) is 13.8 Å². The summed E-state index contributed by atoms with van der Waals surface area (Å²) in [5, 5.41) is 2.98. The Kier molecular flexibility index (Phi) is 6.28. The van der Waals surface area contributed by atoms with Crippen LogP contribution in [-0.4, -0.2) is 46.5 Å². The number of nitrogens with zero attached hydrogens (tertiary/aromatic N) is 3. The van der Waals surface area contributed by atoms with Gasteiger partial charge in [0.2, 0.25) is 5.91 Å². The molecule has 0 unspecified atom stereocenters. The molecule has 1 atom stereocenters. The fourth-order valence-corrected chi connectivity index (χ4v) is 1.77. The number of nitrogens with one attached hydrogen (secondary N) is 1. The van der Waals surface area contributed by atoms with Crippen LogP contribution in [0.1, 0.15) is 26.5 Å². The van der Waals surface area contributed by atoms with Crippen molar-refractivity contribution in [1.82, 2.24) is 20.2 Å². The van der Waals surface area contributed by atoms with Gasteiger partial charge in [-0.05, 0) is 20.0 Å². The van der Waals surface area contributed by atoms with Crippen LogP contribution in [0.3, 0.4) is 0 Å². The lowest BCUT2D eigenvalue weighted by molar-refractivity contribution is -0.122. The van der Waals surface area contributed by atoms with Gasteiger partial charge in [-0.3, -0.25) is 19.7 Å². The smallest absolute Gasteiger partial charge is 0.234 e. The number of hydrogen-bond acceptors (Lipinski definition) is 4. The Morgan fingerprint density at radius 2 is 2.11 bits per heavy atom. The van der Waals surface area contributed by atoms with Gasteiger partial charge in [-0.2, -0.15) is 0 Å². The molecular formula is C13H22N4O. The van der Waals surface area contributed by atoms with Crippen molar-refractivity contribution in [2.24, 2.45) is 0 Å². The molecule has 0 aliphatic heterocycles. The SMILES string of the molecule is CCN(CC)CC(=O)N[C@@H](C)Cc1cnccn1. The molecule has 5 heteroatoms. The molecule has 0 aliphatic rings. The van der Waals surface area contributed by atoms with Crippen LogP contribution < -0.4 is 5.32 Å². The highest BCUT2D eigenvalue weighted by atomic mass is 16.2. The highest BCUT2D eigenvalue weighted by Crippen LogP contribution is 1.97. The van der Waals surface area contributed by atoms with Crippen molar-refractivity contribution in [1.29, 1.82) is 0 Å². The van der Waals surface area contributed by atoms with Crippen LogP contribution in [0.5, 0.6) is 0 Å². The summed E-state index contributed by atoms with van der Waals surface area (Å²) in [5.41, 5.74) is 0.896. The van der Waals surface area contributed by atoms with E-state index in [1.807, 2.05) is 6.92 Å². The number of carbonyl (C=O) groups excluding carboxylic acids is 1. The fraction of sp³-hybridized carbons (Fsp3) is 0.615. The number of likely N-dealkylation sites (N-methyl/N-ethyl adjacent to an activating group) is 1. The molecule has 0 bridgehead atoms. The first kappa shape index (κ1) is 14.6. The van der Waals surface area contributed by atoms with Gasteiger partial charge < -0.3 is 5.32 Å². The maximum absolute atomic E-state index is 11.8. The van der Waals surface area contributed by atoms with Crippen molar-refractivity contribution in [3.63, 3.8) is 0 Å². The number of amides is 1. The van der Waals surface area contributed by atoms with Crippen LogP contribution in [0.4, 0.5) is 0 Å². The lowest BCUT2D eigenvalue weighted by Gasteiger charge is -2.19. The van der Waals surface area contributed by atoms with E-state index in [0.717, 1.165) is 18.8 Å². The van der Waals surface area contributed by atoms with Crippen LogP contribution >= 0.6 is 0 Å². The monoisotopic (exact) mass is 250 g/mol. The molecule has 0 saturated heterocycles. The van der Waals surface area contributed by atoms with Crippen LogP contribution in [0.2, 0.25) is 0 Å². The minimum Gasteiger partial charge on any atom is -0.352 e. The van der Waals surface area contributed by atoms with Crippen LogP contribution in [0.15, 0.2) is 18.6 Å². The molecule has 1 aromatic rings. The lowest BCUT2D eigenvalue weighted by atomic mass is 10.2. The zero-order chi connectivity index (χ0) is 13.4. The second-order valence-electron chi connectivity index (χ2n) is 4.33. The zero-order valence-electron chi connectivity index (χ0n) is 11.4. The molecule has 1 aromatic heterocycles. The predicted molar refractivity (Wildman–Crippen MR) is 71.1 cm³/mol. The summed E-state index contributed by atoms with van der Waals surface area (Å²) in [6, 6.07) is 0.0739. The van der Waals surface area contributed by atoms with Gasteiger partial charge in [-0.15, -0.1) is 0 Å². The summed E-state index contributed by atoms with van der Waals surface area (Å²) in [4.78, 5) is 22.1. The number of hydrogen-bond donors (Lipinski definition) is 1. The third-order valence-electron chi connectivity index (χ3n) is 2.80.